The molecular weight excluding hydrogens is 753 g/mol. The van der Waals surface area contributed by atoms with Gasteiger partial charge in [-0.15, -0.1) is 0 Å². The maximum Gasteiger partial charge on any atom is 0.0558 e. The molecule has 4 rings (SSSR count). The van der Waals surface area contributed by atoms with Gasteiger partial charge in [0.05, 0.1) is 6.61 Å². The third-order valence-electron chi connectivity index (χ3n) is 12.6. The molecule has 0 heterocycles. The van der Waals surface area contributed by atoms with Crippen molar-refractivity contribution in [3.05, 3.63) is 144 Å². The molecular formula is C52H82N8O. The molecule has 0 bridgehead atoms. The summed E-state index contributed by atoms with van der Waals surface area (Å²) in [7, 11) is 18.0. The monoisotopic (exact) mass is 835 g/mol. The molecule has 4 aromatic carbocycles. The first-order valence-corrected chi connectivity index (χ1v) is 22.8. The van der Waals surface area contributed by atoms with Gasteiger partial charge >= 0.3 is 0 Å². The van der Waals surface area contributed by atoms with Crippen LogP contribution in [0.1, 0.15) is 22.3 Å². The minimum Gasteiger partial charge on any atom is -0.395 e. The minimum absolute atomic E-state index is 0.185. The molecule has 4 atom stereocenters. The van der Waals surface area contributed by atoms with Crippen LogP contribution in [0.15, 0.2) is 121 Å². The Balaban J connectivity index is 1.34. The van der Waals surface area contributed by atoms with Gasteiger partial charge in [0.15, 0.2) is 0 Å². The Morgan fingerprint density at radius 2 is 0.656 bits per heavy atom. The smallest absolute Gasteiger partial charge is 0.0558 e. The van der Waals surface area contributed by atoms with Gasteiger partial charge in [-0.05, 0) is 104 Å². The molecule has 0 unspecified atom stereocenters. The molecule has 61 heavy (non-hydrogen) atoms. The van der Waals surface area contributed by atoms with Crippen molar-refractivity contribution in [1.29, 1.82) is 0 Å². The van der Waals surface area contributed by atoms with Gasteiger partial charge in [-0.25, -0.2) is 0 Å². The van der Waals surface area contributed by atoms with Crippen molar-refractivity contribution in [3.63, 3.8) is 0 Å². The highest BCUT2D eigenvalue weighted by Gasteiger charge is 2.23. The largest absolute Gasteiger partial charge is 0.395 e. The summed E-state index contributed by atoms with van der Waals surface area (Å²) in [4.78, 5) is 17.5. The summed E-state index contributed by atoms with van der Waals surface area (Å²) in [6.07, 6.45) is 4.09. The maximum absolute atomic E-state index is 9.60. The zero-order chi connectivity index (χ0) is 43.8. The molecule has 0 spiro atoms. The van der Waals surface area contributed by atoms with Crippen LogP contribution in [0, 0.1) is 0 Å². The molecule has 2 N–H and O–H groups in total. The van der Waals surface area contributed by atoms with Gasteiger partial charge in [-0.2, -0.15) is 0 Å². The van der Waals surface area contributed by atoms with E-state index in [0.29, 0.717) is 30.7 Å². The van der Waals surface area contributed by atoms with E-state index in [-0.39, 0.29) is 6.61 Å². The Kier molecular flexibility index (Phi) is 23.2. The highest BCUT2D eigenvalue weighted by Crippen LogP contribution is 2.14. The van der Waals surface area contributed by atoms with E-state index in [4.69, 9.17) is 0 Å². The lowest BCUT2D eigenvalue weighted by Crippen LogP contribution is -2.49. The lowest BCUT2D eigenvalue weighted by molar-refractivity contribution is 0.124. The van der Waals surface area contributed by atoms with Crippen LogP contribution < -0.4 is 5.32 Å². The van der Waals surface area contributed by atoms with Crippen molar-refractivity contribution in [2.24, 2.45) is 0 Å². The molecule has 0 radical (unpaired) electrons. The second-order valence-electron chi connectivity index (χ2n) is 17.9. The van der Waals surface area contributed by atoms with Crippen molar-refractivity contribution in [2.75, 3.05) is 135 Å². The van der Waals surface area contributed by atoms with E-state index in [1.54, 1.807) is 0 Å². The summed E-state index contributed by atoms with van der Waals surface area (Å²) < 4.78 is 0. The van der Waals surface area contributed by atoms with Gasteiger partial charge < -0.3 is 44.7 Å². The number of nitrogens with one attached hydrogen (secondary N) is 1. The predicted molar refractivity (Wildman–Crippen MR) is 260 cm³/mol. The number of hydrogen-bond acceptors (Lipinski definition) is 9. The van der Waals surface area contributed by atoms with Crippen LogP contribution in [0.25, 0.3) is 0 Å². The fraction of sp³-hybridized carbons (Fsp3) is 0.538. The van der Waals surface area contributed by atoms with Crippen molar-refractivity contribution in [2.45, 2.75) is 49.9 Å². The number of rotatable bonds is 31. The second-order valence-corrected chi connectivity index (χ2v) is 17.9. The normalized spacial score (nSPS) is 14.2. The SMILES string of the molecule is CN[C@@H](Cc1ccccc1)CN(C)CCN(C)[C@@H](Cc1ccccc1)CN(C)CCN(C)[C@@H](Cc1ccccc1)CN(C)CCN(C)[C@@H](Cc1ccccc1)CN(C)CCO. The summed E-state index contributed by atoms with van der Waals surface area (Å²) >= 11 is 0. The number of nitrogens with zero attached hydrogens (tertiary/aromatic N) is 7. The fourth-order valence-corrected chi connectivity index (χ4v) is 8.42. The molecule has 0 aliphatic carbocycles. The first kappa shape index (κ1) is 50.2. The molecule has 4 aromatic rings. The van der Waals surface area contributed by atoms with E-state index in [2.05, 4.69) is 217 Å². The standard InChI is InChI=1S/C52H82N8O/c1-53-49(37-45-21-13-9-14-22-45)41-54(2)29-32-58(6)50(38-46-23-15-10-16-24-46)42-55(3)30-33-59(7)51(39-47-25-17-11-18-26-47)43-56(4)31-34-60(8)52(44-57(5)35-36-61)40-48-27-19-12-20-28-48/h9-28,49-53,61H,29-44H2,1-8H3/t49-,50-,51-,52-/m0/s1. The average Bonchev–Trinajstić information content (AvgIpc) is 3.27. The Hall–Kier alpha value is -3.48. The van der Waals surface area contributed by atoms with E-state index < -0.39 is 0 Å². The summed E-state index contributed by atoms with van der Waals surface area (Å²) in [6.45, 7) is 10.9. The van der Waals surface area contributed by atoms with Gasteiger partial charge in [0.1, 0.15) is 0 Å². The third-order valence-corrected chi connectivity index (χ3v) is 12.6. The number of aliphatic hydroxyl groups is 1. The number of hydrogen-bond donors (Lipinski definition) is 2. The van der Waals surface area contributed by atoms with Crippen LogP contribution in [0.4, 0.5) is 0 Å². The predicted octanol–water partition coefficient (Wildman–Crippen LogP) is 5.17. The molecule has 336 valence electrons. The Morgan fingerprint density at radius 3 is 0.951 bits per heavy atom. The first-order valence-electron chi connectivity index (χ1n) is 22.8. The zero-order valence-corrected chi connectivity index (χ0v) is 39.2. The topological polar surface area (TPSA) is 54.9 Å². The van der Waals surface area contributed by atoms with E-state index in [0.717, 1.165) is 91.1 Å². The average molecular weight is 835 g/mol. The number of likely N-dealkylation sites (N-methyl/N-ethyl adjacent to an activating group) is 8. The Labute approximate surface area is 371 Å². The summed E-state index contributed by atoms with van der Waals surface area (Å²) in [5.74, 6) is 0. The molecule has 0 aromatic heterocycles. The van der Waals surface area contributed by atoms with E-state index in [1.807, 2.05) is 0 Å². The zero-order valence-electron chi connectivity index (χ0n) is 39.2. The summed E-state index contributed by atoms with van der Waals surface area (Å²) in [5.41, 5.74) is 5.53. The van der Waals surface area contributed by atoms with E-state index in [1.165, 1.54) is 22.3 Å². The third kappa shape index (κ3) is 19.6. The van der Waals surface area contributed by atoms with Crippen molar-refractivity contribution in [1.82, 2.24) is 39.6 Å². The molecule has 0 saturated carbocycles. The lowest BCUT2D eigenvalue weighted by atomic mass is 10.0. The molecule has 0 aliphatic rings. The van der Waals surface area contributed by atoms with Gasteiger partial charge in [0.2, 0.25) is 0 Å². The fourth-order valence-electron chi connectivity index (χ4n) is 8.42. The highest BCUT2D eigenvalue weighted by atomic mass is 16.3. The molecule has 0 saturated heterocycles. The molecule has 9 heteroatoms. The summed E-state index contributed by atoms with van der Waals surface area (Å²) in [6, 6.07) is 45.3. The second kappa shape index (κ2) is 28.3. The van der Waals surface area contributed by atoms with E-state index in [9.17, 15) is 5.11 Å². The number of benzene rings is 4. The number of aliphatic hydroxyl groups excluding tert-OH is 1. The van der Waals surface area contributed by atoms with Gasteiger partial charge in [-0.1, -0.05) is 121 Å². The molecule has 0 amide bonds. The lowest BCUT2D eigenvalue weighted by Gasteiger charge is -2.36. The Bertz CT molecular complexity index is 1670. The van der Waals surface area contributed by atoms with Gasteiger partial charge in [-0.3, -0.25) is 0 Å². The maximum atomic E-state index is 9.60. The van der Waals surface area contributed by atoms with E-state index >= 15 is 0 Å². The molecule has 0 aliphatic heterocycles. The highest BCUT2D eigenvalue weighted by molar-refractivity contribution is 5.19. The van der Waals surface area contributed by atoms with Gasteiger partial charge in [0.25, 0.3) is 0 Å². The first-order chi connectivity index (χ1) is 29.5. The van der Waals surface area contributed by atoms with Crippen LogP contribution in [0.3, 0.4) is 0 Å². The van der Waals surface area contributed by atoms with Crippen LogP contribution in [0.2, 0.25) is 0 Å². The summed E-state index contributed by atoms with van der Waals surface area (Å²) in [5, 5.41) is 13.2. The van der Waals surface area contributed by atoms with Crippen LogP contribution in [-0.2, 0) is 25.7 Å². The van der Waals surface area contributed by atoms with Gasteiger partial charge in [0, 0.05) is 96.2 Å². The minimum atomic E-state index is 0.185. The van der Waals surface area contributed by atoms with Crippen LogP contribution >= 0.6 is 0 Å². The van der Waals surface area contributed by atoms with Crippen molar-refractivity contribution < 1.29 is 5.11 Å². The van der Waals surface area contributed by atoms with Crippen LogP contribution in [0.5, 0.6) is 0 Å². The molecule has 9 nitrogen and oxygen atoms in total. The van der Waals surface area contributed by atoms with Crippen molar-refractivity contribution in [3.8, 4) is 0 Å². The van der Waals surface area contributed by atoms with Crippen molar-refractivity contribution >= 4 is 0 Å². The quantitative estimate of drug-likeness (QED) is 0.0717. The molecule has 0 fully saturated rings. The van der Waals surface area contributed by atoms with Crippen LogP contribution in [-0.4, -0.2) is 199 Å². The Morgan fingerprint density at radius 1 is 0.377 bits per heavy atom.